The van der Waals surface area contributed by atoms with Crippen LogP contribution in [0.25, 0.3) is 0 Å². The van der Waals surface area contributed by atoms with Crippen LogP contribution in [0.15, 0.2) is 36.5 Å². The van der Waals surface area contributed by atoms with Crippen molar-refractivity contribution in [3.05, 3.63) is 53.7 Å². The second kappa shape index (κ2) is 17.4. The van der Waals surface area contributed by atoms with Gasteiger partial charge < -0.3 is 40.3 Å². The summed E-state index contributed by atoms with van der Waals surface area (Å²) in [6.07, 6.45) is 7.26. The van der Waals surface area contributed by atoms with Crippen LogP contribution in [0.5, 0.6) is 5.75 Å². The Hall–Kier alpha value is -5.72. The number of aromatic nitrogens is 2. The Balaban J connectivity index is 0.790. The van der Waals surface area contributed by atoms with E-state index in [9.17, 15) is 28.0 Å². The molecule has 19 heteroatoms. The number of hydrogen-bond donors (Lipinski definition) is 4. The standard InChI is InChI=1S/C44H54F4N10O5/c1-25(2)58-24-44(47,48)41(62)55(3)34-22-49-42(54-38(34)58)52-32-6-5-27(17-35(32)63-4)39(60)51-29-20-43(21-29)11-15-56(16-12-43)23-26-9-13-57(14-10-26)37-30(45)18-28(19-31(37)46)50-33-7-8-36(59)53-40(33)61/h5-6,17-19,22,25-26,29,33,50H,7-16,20-21,23-24H2,1-4H3,(H,51,60)(H,49,52,54)(H,53,59,61). The highest BCUT2D eigenvalue weighted by atomic mass is 19.3. The minimum atomic E-state index is -3.61. The summed E-state index contributed by atoms with van der Waals surface area (Å²) in [5.41, 5.74) is 1.34. The Labute approximate surface area is 363 Å². The number of carbonyl (C=O) groups is 4. The van der Waals surface area contributed by atoms with Crippen LogP contribution in [0.4, 0.5) is 52.1 Å². The maximum atomic E-state index is 15.3. The van der Waals surface area contributed by atoms with Crippen LogP contribution < -0.4 is 40.7 Å². The number of likely N-dealkylation sites (tertiary alicyclic amines) is 1. The summed E-state index contributed by atoms with van der Waals surface area (Å²) in [5.74, 6) is -6.33. The van der Waals surface area contributed by atoms with Crippen molar-refractivity contribution in [2.45, 2.75) is 89.3 Å². The number of fused-ring (bicyclic) bond motifs is 1. The number of amides is 4. The highest BCUT2D eigenvalue weighted by molar-refractivity contribution is 6.02. The molecule has 5 aliphatic rings. The number of hydrogen-bond acceptors (Lipinski definition) is 12. The van der Waals surface area contributed by atoms with E-state index in [1.807, 2.05) is 0 Å². The molecule has 63 heavy (non-hydrogen) atoms. The molecule has 1 saturated carbocycles. The van der Waals surface area contributed by atoms with Gasteiger partial charge in [-0.3, -0.25) is 24.5 Å². The van der Waals surface area contributed by atoms with Crippen LogP contribution in [0.2, 0.25) is 0 Å². The molecule has 4 aliphatic heterocycles. The summed E-state index contributed by atoms with van der Waals surface area (Å²) in [5, 5.41) is 11.4. The van der Waals surface area contributed by atoms with Gasteiger partial charge in [-0.2, -0.15) is 13.8 Å². The summed E-state index contributed by atoms with van der Waals surface area (Å²) in [6, 6.07) is 6.32. The highest BCUT2D eigenvalue weighted by Gasteiger charge is 2.48. The van der Waals surface area contributed by atoms with Crippen molar-refractivity contribution in [1.29, 1.82) is 0 Å². The van der Waals surface area contributed by atoms with Gasteiger partial charge in [0.15, 0.2) is 17.5 Å². The second-order valence-electron chi connectivity index (χ2n) is 18.0. The quantitative estimate of drug-likeness (QED) is 0.143. The molecule has 338 valence electrons. The zero-order valence-electron chi connectivity index (χ0n) is 35.9. The minimum absolute atomic E-state index is 0.0505. The molecule has 3 aromatic rings. The molecule has 0 bridgehead atoms. The van der Waals surface area contributed by atoms with Gasteiger partial charge in [-0.15, -0.1) is 0 Å². The third kappa shape index (κ3) is 9.20. The van der Waals surface area contributed by atoms with Crippen LogP contribution >= 0.6 is 0 Å². The number of benzene rings is 2. The molecule has 2 aromatic carbocycles. The number of piperidine rings is 3. The van der Waals surface area contributed by atoms with E-state index in [2.05, 4.69) is 36.1 Å². The molecule has 3 saturated heterocycles. The summed E-state index contributed by atoms with van der Waals surface area (Å²) in [7, 11) is 2.75. The molecule has 1 atom stereocenters. The average molecular weight is 879 g/mol. The van der Waals surface area contributed by atoms with Gasteiger partial charge in [-0.25, -0.2) is 13.8 Å². The molecule has 4 N–H and O–H groups in total. The third-order valence-corrected chi connectivity index (χ3v) is 13.4. The monoisotopic (exact) mass is 878 g/mol. The van der Waals surface area contributed by atoms with Crippen molar-refractivity contribution in [3.8, 4) is 5.75 Å². The Kier molecular flexibility index (Phi) is 12.2. The third-order valence-electron chi connectivity index (χ3n) is 13.4. The molecule has 4 fully saturated rings. The van der Waals surface area contributed by atoms with Gasteiger partial charge in [0, 0.05) is 56.4 Å². The Morgan fingerprint density at radius 2 is 1.70 bits per heavy atom. The number of imide groups is 1. The smallest absolute Gasteiger partial charge is 0.342 e. The fourth-order valence-corrected chi connectivity index (χ4v) is 9.73. The predicted molar refractivity (Wildman–Crippen MR) is 229 cm³/mol. The zero-order valence-corrected chi connectivity index (χ0v) is 35.9. The van der Waals surface area contributed by atoms with Crippen molar-refractivity contribution in [1.82, 2.24) is 25.5 Å². The first-order valence-electron chi connectivity index (χ1n) is 21.6. The molecule has 15 nitrogen and oxygen atoms in total. The fourth-order valence-electron chi connectivity index (χ4n) is 9.73. The fraction of sp³-hybridized carbons (Fsp3) is 0.545. The molecular weight excluding hydrogens is 825 g/mol. The molecule has 1 spiro atoms. The van der Waals surface area contributed by atoms with Crippen molar-refractivity contribution in [2.24, 2.45) is 11.3 Å². The Morgan fingerprint density at radius 3 is 2.35 bits per heavy atom. The van der Waals surface area contributed by atoms with Crippen molar-refractivity contribution in [2.75, 3.05) is 78.8 Å². The van der Waals surface area contributed by atoms with Crippen molar-refractivity contribution < 1.29 is 41.5 Å². The summed E-state index contributed by atoms with van der Waals surface area (Å²) >= 11 is 0. The Morgan fingerprint density at radius 1 is 1.00 bits per heavy atom. The van der Waals surface area contributed by atoms with E-state index in [1.165, 1.54) is 37.4 Å². The summed E-state index contributed by atoms with van der Waals surface area (Å²) in [6.45, 7) is 6.60. The van der Waals surface area contributed by atoms with Gasteiger partial charge in [0.1, 0.15) is 23.2 Å². The molecule has 4 amide bonds. The van der Waals surface area contributed by atoms with Crippen LogP contribution in [0, 0.1) is 23.0 Å². The van der Waals surface area contributed by atoms with E-state index < -0.39 is 42.0 Å². The molecule has 1 aliphatic carbocycles. The van der Waals surface area contributed by atoms with Crippen LogP contribution in [0.1, 0.15) is 75.6 Å². The van der Waals surface area contributed by atoms with Gasteiger partial charge in [0.05, 0.1) is 25.5 Å². The molecule has 8 rings (SSSR count). The number of nitrogens with zero attached hydrogens (tertiary/aromatic N) is 6. The molecular formula is C44H54F4N10O5. The number of ether oxygens (including phenoxy) is 1. The van der Waals surface area contributed by atoms with E-state index in [1.54, 1.807) is 36.9 Å². The topological polar surface area (TPSA) is 164 Å². The van der Waals surface area contributed by atoms with E-state index in [0.717, 1.165) is 63.1 Å². The lowest BCUT2D eigenvalue weighted by Gasteiger charge is -2.52. The molecule has 5 heterocycles. The van der Waals surface area contributed by atoms with Crippen molar-refractivity contribution in [3.63, 3.8) is 0 Å². The average Bonchev–Trinajstić information content (AvgIpc) is 3.30. The number of anilines is 6. The molecule has 1 aromatic heterocycles. The largest absolute Gasteiger partial charge is 0.495 e. The van der Waals surface area contributed by atoms with E-state index >= 15 is 8.78 Å². The second-order valence-corrected chi connectivity index (χ2v) is 18.0. The lowest BCUT2D eigenvalue weighted by molar-refractivity contribution is -0.140. The van der Waals surface area contributed by atoms with Gasteiger partial charge in [0.25, 0.3) is 11.8 Å². The highest BCUT2D eigenvalue weighted by Crippen LogP contribution is 2.49. The van der Waals surface area contributed by atoms with Gasteiger partial charge in [-0.1, -0.05) is 0 Å². The van der Waals surface area contributed by atoms with E-state index in [-0.39, 0.29) is 71.0 Å². The van der Waals surface area contributed by atoms with Crippen LogP contribution in [-0.2, 0) is 14.4 Å². The predicted octanol–water partition coefficient (Wildman–Crippen LogP) is 5.44. The minimum Gasteiger partial charge on any atom is -0.495 e. The number of nitrogens with one attached hydrogen (secondary N) is 4. The molecule has 1 unspecified atom stereocenters. The normalized spacial score (nSPS) is 21.8. The maximum Gasteiger partial charge on any atom is 0.342 e. The van der Waals surface area contributed by atoms with E-state index in [0.29, 0.717) is 36.0 Å². The Bertz CT molecular complexity index is 2230. The SMILES string of the molecule is COc1cc(C(=O)NC2CC3(CCN(CC4CCN(c5c(F)cc(NC6CCC(=O)NC6=O)cc5F)CC4)CC3)C2)ccc1Nc1ncc2c(n1)N(C(C)C)CC(F)(F)C(=O)N2C. The summed E-state index contributed by atoms with van der Waals surface area (Å²) < 4.78 is 65.6. The van der Waals surface area contributed by atoms with Gasteiger partial charge in [-0.05, 0) is 114 Å². The summed E-state index contributed by atoms with van der Waals surface area (Å²) in [4.78, 5) is 64.8. The number of rotatable bonds is 11. The number of carbonyl (C=O) groups excluding carboxylic acids is 4. The van der Waals surface area contributed by atoms with Crippen LogP contribution in [0.3, 0.4) is 0 Å². The lowest BCUT2D eigenvalue weighted by Crippen LogP contribution is -2.55. The lowest BCUT2D eigenvalue weighted by atomic mass is 9.60. The van der Waals surface area contributed by atoms with E-state index in [4.69, 9.17) is 4.74 Å². The molecule has 0 radical (unpaired) electrons. The number of alkyl halides is 2. The number of halogens is 4. The first kappa shape index (κ1) is 43.9. The maximum absolute atomic E-state index is 15.3. The first-order chi connectivity index (χ1) is 30.0. The van der Waals surface area contributed by atoms with Gasteiger partial charge in [0.2, 0.25) is 17.8 Å². The zero-order chi connectivity index (χ0) is 44.8. The van der Waals surface area contributed by atoms with Crippen molar-refractivity contribution >= 4 is 58.1 Å². The first-order valence-corrected chi connectivity index (χ1v) is 21.6. The van der Waals surface area contributed by atoms with Gasteiger partial charge >= 0.3 is 5.92 Å². The van der Waals surface area contributed by atoms with Crippen LogP contribution in [-0.4, -0.2) is 116 Å². The number of methoxy groups -OCH3 is 1.